The van der Waals surface area contributed by atoms with Crippen molar-refractivity contribution in [2.75, 3.05) is 24.6 Å². The fourth-order valence-electron chi connectivity index (χ4n) is 4.05. The molecule has 1 spiro atoms. The van der Waals surface area contributed by atoms with E-state index in [-0.39, 0.29) is 12.4 Å². The van der Waals surface area contributed by atoms with E-state index in [0.29, 0.717) is 60.1 Å². The van der Waals surface area contributed by atoms with E-state index in [2.05, 4.69) is 9.97 Å². The minimum atomic E-state index is -0.545. The molecule has 3 heterocycles. The van der Waals surface area contributed by atoms with E-state index >= 15 is 0 Å². The number of rotatable bonds is 3. The van der Waals surface area contributed by atoms with Crippen molar-refractivity contribution in [3.8, 4) is 5.75 Å². The minimum Gasteiger partial charge on any atom is -0.486 e. The predicted molar refractivity (Wildman–Crippen MR) is 108 cm³/mol. The number of Topliss-reactive ketones (excluding diaryl/α,β-unsaturated/α-hetero) is 1. The Balaban J connectivity index is 1.55. The first-order chi connectivity index (χ1) is 13.9. The fourth-order valence-corrected chi connectivity index (χ4v) is 4.32. The number of fused-ring (bicyclic) bond motifs is 1. The molecule has 1 aromatic heterocycles. The molecule has 2 aromatic rings. The average Bonchev–Trinajstić information content (AvgIpc) is 2.70. The van der Waals surface area contributed by atoms with Crippen LogP contribution in [-0.2, 0) is 4.74 Å². The maximum absolute atomic E-state index is 12.8. The molecule has 0 atom stereocenters. The zero-order chi connectivity index (χ0) is 20.6. The lowest BCUT2D eigenvalue weighted by atomic mass is 9.82. The summed E-state index contributed by atoms with van der Waals surface area (Å²) in [6.07, 6.45) is 4.52. The highest BCUT2D eigenvalue weighted by atomic mass is 35.5. The molecule has 1 saturated heterocycles. The van der Waals surface area contributed by atoms with Gasteiger partial charge in [-0.3, -0.25) is 4.79 Å². The molecule has 8 heteroatoms. The van der Waals surface area contributed by atoms with Gasteiger partial charge in [0.05, 0.1) is 18.6 Å². The van der Waals surface area contributed by atoms with Crippen molar-refractivity contribution in [1.82, 2.24) is 9.97 Å². The van der Waals surface area contributed by atoms with Crippen LogP contribution in [0.2, 0.25) is 5.02 Å². The third-order valence-electron chi connectivity index (χ3n) is 5.50. The first kappa shape index (κ1) is 19.6. The molecule has 7 nitrogen and oxygen atoms in total. The second-order valence-corrected chi connectivity index (χ2v) is 7.89. The molecule has 0 N–H and O–H groups in total. The first-order valence-corrected chi connectivity index (χ1v) is 10.0. The van der Waals surface area contributed by atoms with Crippen molar-refractivity contribution < 1.29 is 19.1 Å². The van der Waals surface area contributed by atoms with E-state index in [1.54, 1.807) is 13.0 Å². The summed E-state index contributed by atoms with van der Waals surface area (Å²) in [6, 6.07) is 3.50. The number of hydrogen-bond donors (Lipinski definition) is 0. The highest BCUT2D eigenvalue weighted by Crippen LogP contribution is 2.42. The standard InChI is InChI=1S/C21H22ClN3O4/c1-3-28-20(27)16-11-23-12-24-19(16)25-6-4-21(5-7-25)10-17(26)15-9-14(22)8-13(2)18(15)29-21/h8-9,11-12H,3-7,10H2,1-2H3. The molecular formula is C21H22ClN3O4. The van der Waals surface area contributed by atoms with E-state index in [4.69, 9.17) is 21.1 Å². The maximum Gasteiger partial charge on any atom is 0.343 e. The number of benzene rings is 1. The third-order valence-corrected chi connectivity index (χ3v) is 5.72. The number of esters is 1. The summed E-state index contributed by atoms with van der Waals surface area (Å²) in [4.78, 5) is 35.3. The minimum absolute atomic E-state index is 0.0551. The monoisotopic (exact) mass is 415 g/mol. The summed E-state index contributed by atoms with van der Waals surface area (Å²) in [5.41, 5.74) is 1.23. The molecule has 0 unspecified atom stereocenters. The van der Waals surface area contributed by atoms with E-state index in [0.717, 1.165) is 5.56 Å². The molecule has 4 rings (SSSR count). The van der Waals surface area contributed by atoms with Crippen molar-refractivity contribution in [3.63, 3.8) is 0 Å². The zero-order valence-corrected chi connectivity index (χ0v) is 17.2. The van der Waals surface area contributed by atoms with Crippen molar-refractivity contribution in [2.24, 2.45) is 0 Å². The van der Waals surface area contributed by atoms with Gasteiger partial charge in [0.25, 0.3) is 0 Å². The van der Waals surface area contributed by atoms with Crippen LogP contribution in [0.5, 0.6) is 5.75 Å². The molecule has 152 valence electrons. The maximum atomic E-state index is 12.8. The van der Waals surface area contributed by atoms with Gasteiger partial charge in [-0.15, -0.1) is 0 Å². The third kappa shape index (κ3) is 3.67. The number of carbonyl (C=O) groups excluding carboxylic acids is 2. The van der Waals surface area contributed by atoms with Gasteiger partial charge in [-0.2, -0.15) is 0 Å². The van der Waals surface area contributed by atoms with E-state index < -0.39 is 11.6 Å². The van der Waals surface area contributed by atoms with Gasteiger partial charge in [0, 0.05) is 37.2 Å². The van der Waals surface area contributed by atoms with Crippen LogP contribution in [0.4, 0.5) is 5.82 Å². The van der Waals surface area contributed by atoms with Crippen LogP contribution < -0.4 is 9.64 Å². The van der Waals surface area contributed by atoms with Gasteiger partial charge in [-0.25, -0.2) is 14.8 Å². The van der Waals surface area contributed by atoms with Crippen molar-refractivity contribution in [3.05, 3.63) is 46.4 Å². The SMILES string of the molecule is CCOC(=O)c1cncnc1N1CCC2(CC1)CC(=O)c1cc(Cl)cc(C)c1O2. The molecule has 1 aromatic carbocycles. The number of nitrogens with zero attached hydrogens (tertiary/aromatic N) is 3. The van der Waals surface area contributed by atoms with Gasteiger partial charge in [-0.1, -0.05) is 11.6 Å². The lowest BCUT2D eigenvalue weighted by Gasteiger charge is -2.44. The van der Waals surface area contributed by atoms with Crippen molar-refractivity contribution in [2.45, 2.75) is 38.7 Å². The first-order valence-electron chi connectivity index (χ1n) is 9.67. The average molecular weight is 416 g/mol. The van der Waals surface area contributed by atoms with Gasteiger partial charge in [0.2, 0.25) is 0 Å². The fraction of sp³-hybridized carbons (Fsp3) is 0.429. The number of anilines is 1. The summed E-state index contributed by atoms with van der Waals surface area (Å²) in [5, 5.41) is 0.541. The van der Waals surface area contributed by atoms with Crippen LogP contribution in [0.25, 0.3) is 0 Å². The Hall–Kier alpha value is -2.67. The Morgan fingerprint density at radius 2 is 2.10 bits per heavy atom. The lowest BCUT2D eigenvalue weighted by Crippen LogP contribution is -2.51. The summed E-state index contributed by atoms with van der Waals surface area (Å²) in [5.74, 6) is 0.806. The molecule has 29 heavy (non-hydrogen) atoms. The molecule has 0 bridgehead atoms. The van der Waals surface area contributed by atoms with Gasteiger partial charge in [0.15, 0.2) is 5.78 Å². The van der Waals surface area contributed by atoms with Gasteiger partial charge >= 0.3 is 5.97 Å². The Labute approximate surface area is 174 Å². The summed E-state index contributed by atoms with van der Waals surface area (Å²) in [6.45, 7) is 5.17. The second-order valence-electron chi connectivity index (χ2n) is 7.45. The molecule has 0 saturated carbocycles. The van der Waals surface area contributed by atoms with Crippen LogP contribution in [0.3, 0.4) is 0 Å². The van der Waals surface area contributed by atoms with E-state index in [1.165, 1.54) is 12.5 Å². The molecular weight excluding hydrogens is 394 g/mol. The Morgan fingerprint density at radius 3 is 2.83 bits per heavy atom. The van der Waals surface area contributed by atoms with Crippen molar-refractivity contribution >= 4 is 29.2 Å². The molecule has 1 fully saturated rings. The van der Waals surface area contributed by atoms with Gasteiger partial charge in [-0.05, 0) is 31.5 Å². The molecule has 0 aliphatic carbocycles. The molecule has 2 aliphatic heterocycles. The largest absolute Gasteiger partial charge is 0.486 e. The van der Waals surface area contributed by atoms with Crippen molar-refractivity contribution in [1.29, 1.82) is 0 Å². The number of carbonyl (C=O) groups is 2. The molecule has 2 aliphatic rings. The number of hydrogen-bond acceptors (Lipinski definition) is 7. The summed E-state index contributed by atoms with van der Waals surface area (Å²) in [7, 11) is 0. The topological polar surface area (TPSA) is 81.6 Å². The van der Waals surface area contributed by atoms with E-state index in [9.17, 15) is 9.59 Å². The summed E-state index contributed by atoms with van der Waals surface area (Å²) < 4.78 is 11.5. The number of piperidine rings is 1. The van der Waals surface area contributed by atoms with E-state index in [1.807, 2.05) is 17.9 Å². The Morgan fingerprint density at radius 1 is 1.34 bits per heavy atom. The van der Waals surface area contributed by atoms with Crippen LogP contribution in [-0.4, -0.2) is 47.0 Å². The predicted octanol–water partition coefficient (Wildman–Crippen LogP) is 3.62. The zero-order valence-electron chi connectivity index (χ0n) is 16.4. The molecule has 0 radical (unpaired) electrons. The normalized spacial score (nSPS) is 17.6. The molecule has 0 amide bonds. The number of aromatic nitrogens is 2. The Bertz CT molecular complexity index is 970. The van der Waals surface area contributed by atoms with Crippen LogP contribution in [0.1, 0.15) is 52.5 Å². The summed E-state index contributed by atoms with van der Waals surface area (Å²) >= 11 is 6.11. The number of aryl methyl sites for hydroxylation is 1. The highest BCUT2D eigenvalue weighted by molar-refractivity contribution is 6.31. The number of ether oxygens (including phenoxy) is 2. The quantitative estimate of drug-likeness (QED) is 0.708. The van der Waals surface area contributed by atoms with Crippen LogP contribution >= 0.6 is 11.6 Å². The van der Waals surface area contributed by atoms with Gasteiger partial charge in [0.1, 0.15) is 29.1 Å². The highest BCUT2D eigenvalue weighted by Gasteiger charge is 2.44. The lowest BCUT2D eigenvalue weighted by molar-refractivity contribution is 0.0225. The second kappa shape index (κ2) is 7.63. The Kier molecular flexibility index (Phi) is 5.17. The number of ketones is 1. The number of halogens is 1. The van der Waals surface area contributed by atoms with Crippen LogP contribution in [0, 0.1) is 6.92 Å². The smallest absolute Gasteiger partial charge is 0.343 e. The van der Waals surface area contributed by atoms with Crippen LogP contribution in [0.15, 0.2) is 24.7 Å². The van der Waals surface area contributed by atoms with Gasteiger partial charge < -0.3 is 14.4 Å².